The number of piperidine rings is 1. The molecule has 2 aliphatic rings. The Morgan fingerprint density at radius 2 is 2.04 bits per heavy atom. The minimum atomic E-state index is -3.33. The summed E-state index contributed by atoms with van der Waals surface area (Å²) in [5.41, 5.74) is 2.55. The van der Waals surface area contributed by atoms with Crippen molar-refractivity contribution in [2.75, 3.05) is 30.3 Å². The number of ether oxygens (including phenoxy) is 1. The van der Waals surface area contributed by atoms with Crippen molar-refractivity contribution in [1.29, 1.82) is 0 Å². The quantitative estimate of drug-likeness (QED) is 0.670. The van der Waals surface area contributed by atoms with Gasteiger partial charge in [0, 0.05) is 30.0 Å². The van der Waals surface area contributed by atoms with Gasteiger partial charge in [-0.15, -0.1) is 0 Å². The van der Waals surface area contributed by atoms with Crippen molar-refractivity contribution in [2.24, 2.45) is 0 Å². The summed E-state index contributed by atoms with van der Waals surface area (Å²) in [7, 11) is -3.33. The van der Waals surface area contributed by atoms with Gasteiger partial charge in [-0.05, 0) is 43.5 Å². The highest BCUT2D eigenvalue weighted by Crippen LogP contribution is 2.32. The summed E-state index contributed by atoms with van der Waals surface area (Å²) in [6, 6.07) is 5.78. The number of cyclic esters (lactones) is 1. The van der Waals surface area contributed by atoms with Gasteiger partial charge in [0.05, 0.1) is 18.0 Å². The molecule has 0 aliphatic carbocycles. The number of benzene rings is 1. The SMILES string of the molecule is C=C(C)CS(=O)(=O)N1CCC(N2C(=O)OCCc3cc(Br)ccc32)CC1. The minimum Gasteiger partial charge on any atom is -0.449 e. The maximum absolute atomic E-state index is 12.5. The Labute approximate surface area is 163 Å². The molecule has 0 bridgehead atoms. The van der Waals surface area contributed by atoms with Crippen LogP contribution in [0.3, 0.4) is 0 Å². The van der Waals surface area contributed by atoms with Gasteiger partial charge in [-0.3, -0.25) is 4.90 Å². The van der Waals surface area contributed by atoms with Crippen LogP contribution in [0, 0.1) is 0 Å². The standard InChI is InChI=1S/C18H23BrN2O4S/c1-13(2)12-26(23,24)20-8-5-16(6-9-20)21-17-4-3-15(19)11-14(17)7-10-25-18(21)22/h3-4,11,16H,1,5-10,12H2,2H3. The number of carbonyl (C=O) groups excluding carboxylic acids is 1. The highest BCUT2D eigenvalue weighted by atomic mass is 79.9. The number of anilines is 1. The molecule has 26 heavy (non-hydrogen) atoms. The predicted octanol–water partition coefficient (Wildman–Crippen LogP) is 3.32. The number of amides is 1. The monoisotopic (exact) mass is 442 g/mol. The zero-order valence-electron chi connectivity index (χ0n) is 14.8. The highest BCUT2D eigenvalue weighted by molar-refractivity contribution is 9.10. The molecule has 0 radical (unpaired) electrons. The van der Waals surface area contributed by atoms with Crippen LogP contribution in [0.2, 0.25) is 0 Å². The van der Waals surface area contributed by atoms with E-state index in [4.69, 9.17) is 4.74 Å². The molecule has 0 atom stereocenters. The number of fused-ring (bicyclic) bond motifs is 1. The van der Waals surface area contributed by atoms with E-state index in [1.54, 1.807) is 11.8 Å². The van der Waals surface area contributed by atoms with Crippen molar-refractivity contribution in [3.8, 4) is 0 Å². The molecule has 1 fully saturated rings. The predicted molar refractivity (Wildman–Crippen MR) is 105 cm³/mol. The Morgan fingerprint density at radius 1 is 1.35 bits per heavy atom. The summed E-state index contributed by atoms with van der Waals surface area (Å²) in [5, 5.41) is 0. The normalized spacial score (nSPS) is 19.6. The number of halogens is 1. The lowest BCUT2D eigenvalue weighted by molar-refractivity contribution is 0.152. The summed E-state index contributed by atoms with van der Waals surface area (Å²) >= 11 is 3.47. The van der Waals surface area contributed by atoms with Crippen LogP contribution >= 0.6 is 15.9 Å². The third kappa shape index (κ3) is 4.13. The molecule has 3 rings (SSSR count). The average molecular weight is 443 g/mol. The van der Waals surface area contributed by atoms with Crippen molar-refractivity contribution in [3.05, 3.63) is 40.4 Å². The lowest BCUT2D eigenvalue weighted by Gasteiger charge is -2.37. The number of carbonyl (C=O) groups is 1. The third-order valence-electron chi connectivity index (χ3n) is 4.71. The number of hydrogen-bond donors (Lipinski definition) is 0. The third-order valence-corrected chi connectivity index (χ3v) is 7.21. The topological polar surface area (TPSA) is 66.9 Å². The van der Waals surface area contributed by atoms with Gasteiger partial charge in [0.1, 0.15) is 0 Å². The highest BCUT2D eigenvalue weighted by Gasteiger charge is 2.35. The van der Waals surface area contributed by atoms with Crippen LogP contribution in [-0.4, -0.2) is 50.3 Å². The maximum Gasteiger partial charge on any atom is 0.414 e. The zero-order chi connectivity index (χ0) is 18.9. The molecule has 1 aromatic rings. The average Bonchev–Trinajstić information content (AvgIpc) is 2.71. The fraction of sp³-hybridized carbons (Fsp3) is 0.500. The van der Waals surface area contributed by atoms with E-state index in [1.807, 2.05) is 18.2 Å². The summed E-state index contributed by atoms with van der Waals surface area (Å²) in [6.07, 6.45) is 1.48. The second-order valence-corrected chi connectivity index (χ2v) is 9.74. The Hall–Kier alpha value is -1.38. The van der Waals surface area contributed by atoms with E-state index in [2.05, 4.69) is 22.5 Å². The molecule has 2 aliphatic heterocycles. The van der Waals surface area contributed by atoms with E-state index in [9.17, 15) is 13.2 Å². The smallest absolute Gasteiger partial charge is 0.414 e. The van der Waals surface area contributed by atoms with E-state index >= 15 is 0 Å². The number of rotatable bonds is 4. The van der Waals surface area contributed by atoms with Crippen LogP contribution in [0.5, 0.6) is 0 Å². The molecule has 1 saturated heterocycles. The molecule has 0 saturated carbocycles. The lowest BCUT2D eigenvalue weighted by Crippen LogP contribution is -2.49. The molecule has 142 valence electrons. The van der Waals surface area contributed by atoms with E-state index in [0.29, 0.717) is 44.5 Å². The molecule has 8 heteroatoms. The second-order valence-electron chi connectivity index (χ2n) is 6.85. The van der Waals surface area contributed by atoms with Crippen LogP contribution in [0.4, 0.5) is 10.5 Å². The number of nitrogens with zero attached hydrogens (tertiary/aromatic N) is 2. The molecular formula is C18H23BrN2O4S. The van der Waals surface area contributed by atoms with Crippen molar-refractivity contribution < 1.29 is 17.9 Å². The van der Waals surface area contributed by atoms with Crippen LogP contribution in [0.25, 0.3) is 0 Å². The van der Waals surface area contributed by atoms with Gasteiger partial charge < -0.3 is 4.74 Å². The van der Waals surface area contributed by atoms with Gasteiger partial charge in [0.2, 0.25) is 10.0 Å². The first kappa shape index (κ1) is 19.4. The Kier molecular flexibility index (Phi) is 5.74. The van der Waals surface area contributed by atoms with Crippen LogP contribution in [0.1, 0.15) is 25.3 Å². The first-order valence-corrected chi connectivity index (χ1v) is 11.0. The van der Waals surface area contributed by atoms with Crippen LogP contribution in [0.15, 0.2) is 34.8 Å². The molecular weight excluding hydrogens is 420 g/mol. The van der Waals surface area contributed by atoms with Crippen LogP contribution < -0.4 is 4.90 Å². The lowest BCUT2D eigenvalue weighted by atomic mass is 10.0. The van der Waals surface area contributed by atoms with Crippen LogP contribution in [-0.2, 0) is 21.2 Å². The van der Waals surface area contributed by atoms with Gasteiger partial charge in [0.15, 0.2) is 0 Å². The van der Waals surface area contributed by atoms with Gasteiger partial charge in [-0.1, -0.05) is 28.1 Å². The van der Waals surface area contributed by atoms with E-state index in [1.165, 1.54) is 4.31 Å². The summed E-state index contributed by atoms with van der Waals surface area (Å²) in [5.74, 6) is -0.0275. The van der Waals surface area contributed by atoms with Crippen molar-refractivity contribution >= 4 is 37.7 Å². The Balaban J connectivity index is 1.78. The summed E-state index contributed by atoms with van der Waals surface area (Å²) in [6.45, 7) is 6.56. The molecule has 0 spiro atoms. The first-order chi connectivity index (χ1) is 12.3. The van der Waals surface area contributed by atoms with E-state index in [-0.39, 0.29) is 17.9 Å². The van der Waals surface area contributed by atoms with Crippen molar-refractivity contribution in [2.45, 2.75) is 32.2 Å². The van der Waals surface area contributed by atoms with Gasteiger partial charge in [0.25, 0.3) is 0 Å². The second kappa shape index (κ2) is 7.70. The van der Waals surface area contributed by atoms with Crippen molar-refractivity contribution in [3.63, 3.8) is 0 Å². The minimum absolute atomic E-state index is 0.0275. The Bertz CT molecular complexity index is 816. The number of sulfonamides is 1. The van der Waals surface area contributed by atoms with E-state index in [0.717, 1.165) is 15.7 Å². The molecule has 6 nitrogen and oxygen atoms in total. The molecule has 0 N–H and O–H groups in total. The largest absolute Gasteiger partial charge is 0.449 e. The fourth-order valence-corrected chi connectivity index (χ4v) is 5.51. The molecule has 1 amide bonds. The van der Waals surface area contributed by atoms with Gasteiger partial charge in [-0.25, -0.2) is 17.5 Å². The number of hydrogen-bond acceptors (Lipinski definition) is 4. The van der Waals surface area contributed by atoms with E-state index < -0.39 is 10.0 Å². The molecule has 0 aromatic heterocycles. The summed E-state index contributed by atoms with van der Waals surface area (Å²) < 4.78 is 32.6. The van der Waals surface area contributed by atoms with Gasteiger partial charge in [-0.2, -0.15) is 0 Å². The van der Waals surface area contributed by atoms with Gasteiger partial charge >= 0.3 is 6.09 Å². The first-order valence-electron chi connectivity index (χ1n) is 8.64. The fourth-order valence-electron chi connectivity index (χ4n) is 3.53. The summed E-state index contributed by atoms with van der Waals surface area (Å²) in [4.78, 5) is 14.2. The maximum atomic E-state index is 12.5. The molecule has 0 unspecified atom stereocenters. The Morgan fingerprint density at radius 3 is 2.69 bits per heavy atom. The van der Waals surface area contributed by atoms with Crippen molar-refractivity contribution in [1.82, 2.24) is 4.31 Å². The molecule has 1 aromatic carbocycles. The zero-order valence-corrected chi connectivity index (χ0v) is 17.2. The molecule has 2 heterocycles.